The van der Waals surface area contributed by atoms with E-state index in [1.807, 2.05) is 12.1 Å². The van der Waals surface area contributed by atoms with E-state index in [2.05, 4.69) is 34.5 Å². The zero-order valence-electron chi connectivity index (χ0n) is 15.1. The summed E-state index contributed by atoms with van der Waals surface area (Å²) in [4.78, 5) is 34.9. The van der Waals surface area contributed by atoms with Crippen LogP contribution < -0.4 is 5.32 Å². The van der Waals surface area contributed by atoms with Crippen LogP contribution in [0.2, 0.25) is 0 Å². The maximum absolute atomic E-state index is 12.4. The van der Waals surface area contributed by atoms with Crippen molar-refractivity contribution in [3.63, 3.8) is 0 Å². The third-order valence-corrected chi connectivity index (χ3v) is 5.65. The summed E-state index contributed by atoms with van der Waals surface area (Å²) < 4.78 is 0. The molecule has 0 aromatic carbocycles. The van der Waals surface area contributed by atoms with E-state index in [4.69, 9.17) is 0 Å². The van der Waals surface area contributed by atoms with Crippen LogP contribution in [-0.4, -0.2) is 39.8 Å². The molecule has 1 aliphatic rings. The molecule has 2 amide bonds. The van der Waals surface area contributed by atoms with E-state index in [1.54, 1.807) is 28.6 Å². The van der Waals surface area contributed by atoms with Crippen LogP contribution >= 0.6 is 11.3 Å². The van der Waals surface area contributed by atoms with Crippen LogP contribution in [-0.2, 0) is 22.6 Å². The zero-order valence-corrected chi connectivity index (χ0v) is 16.0. The molecule has 3 heterocycles. The predicted octanol–water partition coefficient (Wildman–Crippen LogP) is 2.37. The van der Waals surface area contributed by atoms with E-state index in [-0.39, 0.29) is 24.2 Å². The normalized spacial score (nSPS) is 17.1. The van der Waals surface area contributed by atoms with Crippen molar-refractivity contribution in [3.8, 4) is 0 Å². The van der Waals surface area contributed by atoms with Crippen LogP contribution in [0.3, 0.4) is 0 Å². The Hall–Kier alpha value is -2.28. The second-order valence-corrected chi connectivity index (χ2v) is 7.79. The van der Waals surface area contributed by atoms with Crippen LogP contribution in [0.25, 0.3) is 0 Å². The number of aromatic nitrogens is 2. The summed E-state index contributed by atoms with van der Waals surface area (Å²) in [6, 6.07) is 3.78. The minimum atomic E-state index is -0.272. The van der Waals surface area contributed by atoms with E-state index in [0.717, 1.165) is 22.7 Å². The van der Waals surface area contributed by atoms with Gasteiger partial charge in [0.15, 0.2) is 0 Å². The highest BCUT2D eigenvalue weighted by Gasteiger charge is 2.34. The van der Waals surface area contributed by atoms with E-state index in [1.165, 1.54) is 0 Å². The van der Waals surface area contributed by atoms with Crippen molar-refractivity contribution in [2.75, 3.05) is 13.1 Å². The number of amides is 2. The molecule has 0 unspecified atom stereocenters. The average molecular weight is 372 g/mol. The Balaban J connectivity index is 1.45. The topological polar surface area (TPSA) is 75.2 Å². The first-order valence-corrected chi connectivity index (χ1v) is 9.79. The lowest BCUT2D eigenvalue weighted by Gasteiger charge is -2.16. The second-order valence-electron chi connectivity index (χ2n) is 6.90. The first kappa shape index (κ1) is 18.5. The van der Waals surface area contributed by atoms with E-state index in [9.17, 15) is 9.59 Å². The number of likely N-dealkylation sites (tertiary alicyclic amines) is 1. The Labute approximate surface area is 157 Å². The Morgan fingerprint density at radius 3 is 2.85 bits per heavy atom. The van der Waals surface area contributed by atoms with E-state index < -0.39 is 0 Å². The predicted molar refractivity (Wildman–Crippen MR) is 101 cm³/mol. The number of carbonyl (C=O) groups excluding carboxylic acids is 2. The van der Waals surface area contributed by atoms with Gasteiger partial charge in [0.05, 0.1) is 16.6 Å². The summed E-state index contributed by atoms with van der Waals surface area (Å²) in [5, 5.41) is 6.13. The van der Waals surface area contributed by atoms with E-state index in [0.29, 0.717) is 25.6 Å². The minimum Gasteiger partial charge on any atom is -0.355 e. The zero-order chi connectivity index (χ0) is 18.5. The van der Waals surface area contributed by atoms with Gasteiger partial charge in [-0.3, -0.25) is 14.6 Å². The van der Waals surface area contributed by atoms with Gasteiger partial charge in [0, 0.05) is 56.2 Å². The SMILES string of the molecule is CC(C)c1nc(CCNC(=O)[C@@H]2CC(=O)N(Cc3ccncc3)C2)cs1. The molecule has 0 saturated carbocycles. The number of pyridine rings is 1. The number of nitrogens with one attached hydrogen (secondary N) is 1. The molecule has 6 nitrogen and oxygen atoms in total. The van der Waals surface area contributed by atoms with Crippen LogP contribution in [0.4, 0.5) is 0 Å². The molecule has 1 saturated heterocycles. The van der Waals surface area contributed by atoms with Gasteiger partial charge >= 0.3 is 0 Å². The molecule has 1 aliphatic heterocycles. The Morgan fingerprint density at radius 2 is 2.15 bits per heavy atom. The molecule has 1 N–H and O–H groups in total. The first-order chi connectivity index (χ1) is 12.5. The van der Waals surface area contributed by atoms with Gasteiger partial charge in [0.1, 0.15) is 0 Å². The molecule has 7 heteroatoms. The van der Waals surface area contributed by atoms with Gasteiger partial charge in [-0.15, -0.1) is 11.3 Å². The molecule has 138 valence electrons. The molecule has 2 aromatic rings. The van der Waals surface area contributed by atoms with Gasteiger partial charge < -0.3 is 10.2 Å². The van der Waals surface area contributed by atoms with Gasteiger partial charge in [-0.05, 0) is 17.7 Å². The number of hydrogen-bond acceptors (Lipinski definition) is 5. The Morgan fingerprint density at radius 1 is 1.38 bits per heavy atom. The fourth-order valence-corrected chi connectivity index (χ4v) is 3.84. The standard InChI is InChI=1S/C19H24N4O2S/c1-13(2)19-22-16(12-26-19)5-8-21-18(25)15-9-17(24)23(11-15)10-14-3-6-20-7-4-14/h3-4,6-7,12-13,15H,5,8-11H2,1-2H3,(H,21,25)/t15-/m1/s1. The van der Waals surface area contributed by atoms with Crippen LogP contribution in [0, 0.1) is 5.92 Å². The average Bonchev–Trinajstić information content (AvgIpc) is 3.23. The Kier molecular flexibility index (Phi) is 5.98. The molecular formula is C19H24N4O2S. The summed E-state index contributed by atoms with van der Waals surface area (Å²) in [6.45, 7) is 5.80. The number of thiazole rings is 1. The van der Waals surface area contributed by atoms with Crippen molar-refractivity contribution in [3.05, 3.63) is 46.2 Å². The van der Waals surface area contributed by atoms with Crippen molar-refractivity contribution < 1.29 is 9.59 Å². The highest BCUT2D eigenvalue weighted by Crippen LogP contribution is 2.21. The number of carbonyl (C=O) groups is 2. The molecule has 0 aliphatic carbocycles. The fourth-order valence-electron chi connectivity index (χ4n) is 2.97. The van der Waals surface area contributed by atoms with Crippen molar-refractivity contribution in [2.45, 2.75) is 39.2 Å². The highest BCUT2D eigenvalue weighted by molar-refractivity contribution is 7.09. The van der Waals surface area contributed by atoms with Crippen molar-refractivity contribution in [2.24, 2.45) is 5.92 Å². The summed E-state index contributed by atoms with van der Waals surface area (Å²) in [5.41, 5.74) is 2.04. The summed E-state index contributed by atoms with van der Waals surface area (Å²) in [6.07, 6.45) is 4.42. The lowest BCUT2D eigenvalue weighted by atomic mass is 10.1. The lowest BCUT2D eigenvalue weighted by molar-refractivity contribution is -0.129. The highest BCUT2D eigenvalue weighted by atomic mass is 32.1. The molecule has 1 atom stereocenters. The molecule has 0 radical (unpaired) electrons. The fraction of sp³-hybridized carbons (Fsp3) is 0.474. The smallest absolute Gasteiger partial charge is 0.225 e. The second kappa shape index (κ2) is 8.40. The van der Waals surface area contributed by atoms with E-state index >= 15 is 0 Å². The Bertz CT molecular complexity index is 760. The van der Waals surface area contributed by atoms with Gasteiger partial charge in [-0.25, -0.2) is 4.98 Å². The van der Waals surface area contributed by atoms with Gasteiger partial charge in [-0.2, -0.15) is 0 Å². The lowest BCUT2D eigenvalue weighted by Crippen LogP contribution is -2.34. The molecular weight excluding hydrogens is 348 g/mol. The monoisotopic (exact) mass is 372 g/mol. The minimum absolute atomic E-state index is 0.0306. The van der Waals surface area contributed by atoms with Crippen molar-refractivity contribution in [1.29, 1.82) is 0 Å². The molecule has 0 bridgehead atoms. The van der Waals surface area contributed by atoms with Crippen molar-refractivity contribution >= 4 is 23.2 Å². The molecule has 0 spiro atoms. The number of hydrogen-bond donors (Lipinski definition) is 1. The molecule has 1 fully saturated rings. The maximum Gasteiger partial charge on any atom is 0.225 e. The van der Waals surface area contributed by atoms with Crippen LogP contribution in [0.15, 0.2) is 29.9 Å². The molecule has 2 aromatic heterocycles. The molecule has 26 heavy (non-hydrogen) atoms. The molecule has 3 rings (SSSR count). The van der Waals surface area contributed by atoms with Gasteiger partial charge in [-0.1, -0.05) is 13.8 Å². The quantitative estimate of drug-likeness (QED) is 0.810. The summed E-state index contributed by atoms with van der Waals surface area (Å²) >= 11 is 1.66. The summed E-state index contributed by atoms with van der Waals surface area (Å²) in [5.74, 6) is 0.142. The third-order valence-electron chi connectivity index (χ3n) is 4.45. The van der Waals surface area contributed by atoms with Gasteiger partial charge in [0.25, 0.3) is 0 Å². The largest absolute Gasteiger partial charge is 0.355 e. The summed E-state index contributed by atoms with van der Waals surface area (Å²) in [7, 11) is 0. The van der Waals surface area contributed by atoms with Gasteiger partial charge in [0.2, 0.25) is 11.8 Å². The number of nitrogens with zero attached hydrogens (tertiary/aromatic N) is 3. The van der Waals surface area contributed by atoms with Crippen LogP contribution in [0.5, 0.6) is 0 Å². The third kappa shape index (κ3) is 4.66. The van der Waals surface area contributed by atoms with Crippen LogP contribution in [0.1, 0.15) is 42.5 Å². The number of rotatable bonds is 7. The van der Waals surface area contributed by atoms with Crippen molar-refractivity contribution in [1.82, 2.24) is 20.2 Å². The first-order valence-electron chi connectivity index (χ1n) is 8.91. The maximum atomic E-state index is 12.4.